The van der Waals surface area contributed by atoms with Gasteiger partial charge >= 0.3 is 18.5 Å². The van der Waals surface area contributed by atoms with Gasteiger partial charge in [-0.3, -0.25) is 9.59 Å². The first-order chi connectivity index (χ1) is 17.9. The van der Waals surface area contributed by atoms with Crippen LogP contribution in [0.25, 0.3) is 10.8 Å². The Bertz CT molecular complexity index is 1510. The average Bonchev–Trinajstić information content (AvgIpc) is 2.82. The number of alkyl halides is 9. The zero-order valence-electron chi connectivity index (χ0n) is 20.0. The Kier molecular flexibility index (Phi) is 6.74. The number of hydrogen-bond donors (Lipinski definition) is 0. The minimum atomic E-state index is -5.63. The summed E-state index contributed by atoms with van der Waals surface area (Å²) in [5, 5.41) is -1.15. The summed E-state index contributed by atoms with van der Waals surface area (Å²) >= 11 is 0.603. The summed E-state index contributed by atoms with van der Waals surface area (Å²) in [5.41, 5.74) is -7.39. The molecule has 0 spiro atoms. The summed E-state index contributed by atoms with van der Waals surface area (Å²) in [6.45, 7) is 0. The average molecular weight is 581 g/mol. The van der Waals surface area contributed by atoms with E-state index >= 15 is 0 Å². The third-order valence-electron chi connectivity index (χ3n) is 6.24. The molecule has 3 aromatic carbocycles. The quantitative estimate of drug-likeness (QED) is 0.239. The van der Waals surface area contributed by atoms with Crippen LogP contribution < -0.4 is 4.90 Å². The van der Waals surface area contributed by atoms with Crippen molar-refractivity contribution in [1.29, 1.82) is 0 Å². The van der Waals surface area contributed by atoms with Crippen LogP contribution in [-0.4, -0.2) is 51.3 Å². The fraction of sp³-hybridized carbons (Fsp3) is 0.280. The fourth-order valence-electron chi connectivity index (χ4n) is 4.74. The lowest BCUT2D eigenvalue weighted by Gasteiger charge is -2.41. The van der Waals surface area contributed by atoms with Crippen LogP contribution >= 0.6 is 11.8 Å². The normalized spacial score (nSPS) is 17.5. The van der Waals surface area contributed by atoms with Gasteiger partial charge < -0.3 is 9.64 Å². The molecule has 0 N–H and O–H groups in total. The molecule has 4 rings (SSSR count). The Morgan fingerprint density at radius 1 is 0.821 bits per heavy atom. The number of fused-ring (bicyclic) bond motifs is 4. The van der Waals surface area contributed by atoms with Crippen molar-refractivity contribution in [3.8, 4) is 0 Å². The van der Waals surface area contributed by atoms with E-state index < -0.39 is 73.7 Å². The van der Waals surface area contributed by atoms with E-state index in [9.17, 15) is 49.1 Å². The molecule has 0 radical (unpaired) electrons. The Morgan fingerprint density at radius 2 is 1.38 bits per heavy atom. The number of anilines is 1. The number of halogens is 9. The molecule has 1 unspecified atom stereocenters. The van der Waals surface area contributed by atoms with Crippen LogP contribution in [-0.2, 0) is 10.3 Å². The highest BCUT2D eigenvalue weighted by atomic mass is 32.2. The second-order valence-electron chi connectivity index (χ2n) is 8.71. The standard InChI is InChI=1S/C25H16F9NO3S/c1-35(2)18-11-8-9-15-19(39-16-7-5-4-6-14(16)22(15,38-3)25(32,33)34)17(11)12(20(36)23(26,27)28)10-13(18)21(37)24(29,30)31/h4-10H,1-3H3. The van der Waals surface area contributed by atoms with Crippen molar-refractivity contribution in [1.82, 2.24) is 0 Å². The van der Waals surface area contributed by atoms with Crippen LogP contribution in [0.4, 0.5) is 45.2 Å². The molecule has 0 saturated carbocycles. The van der Waals surface area contributed by atoms with Gasteiger partial charge in [0.2, 0.25) is 5.60 Å². The summed E-state index contributed by atoms with van der Waals surface area (Å²) < 4.78 is 131. The molecule has 0 saturated heterocycles. The SMILES string of the molecule is COC1(C(F)(F)F)c2ccccc2Sc2c1ccc1c(N(C)C)c(C(=O)C(F)(F)F)cc(C(=O)C(F)(F)F)c21. The van der Waals surface area contributed by atoms with E-state index in [-0.39, 0.29) is 16.5 Å². The molecule has 0 bridgehead atoms. The summed E-state index contributed by atoms with van der Waals surface area (Å²) in [6.07, 6.45) is -16.3. The van der Waals surface area contributed by atoms with Crippen LogP contribution in [0.15, 0.2) is 52.3 Å². The van der Waals surface area contributed by atoms with Crippen molar-refractivity contribution in [2.24, 2.45) is 0 Å². The number of carbonyl (C=O) groups is 2. The van der Waals surface area contributed by atoms with Crippen molar-refractivity contribution >= 4 is 39.8 Å². The van der Waals surface area contributed by atoms with Gasteiger partial charge in [-0.1, -0.05) is 42.1 Å². The molecule has 0 amide bonds. The maximum atomic E-state index is 14.8. The summed E-state index contributed by atoms with van der Waals surface area (Å²) in [7, 11) is 3.15. The van der Waals surface area contributed by atoms with Gasteiger partial charge in [0.05, 0.1) is 11.3 Å². The van der Waals surface area contributed by atoms with Crippen molar-refractivity contribution in [2.45, 2.75) is 33.9 Å². The van der Waals surface area contributed by atoms with Crippen molar-refractivity contribution in [2.75, 3.05) is 26.1 Å². The number of rotatable bonds is 4. The molecule has 4 nitrogen and oxygen atoms in total. The monoisotopic (exact) mass is 581 g/mol. The van der Waals surface area contributed by atoms with Gasteiger partial charge in [0.1, 0.15) is 0 Å². The predicted octanol–water partition coefficient (Wildman–Crippen LogP) is 7.31. The van der Waals surface area contributed by atoms with E-state index in [2.05, 4.69) is 0 Å². The van der Waals surface area contributed by atoms with Crippen LogP contribution in [0.1, 0.15) is 31.8 Å². The second kappa shape index (κ2) is 9.15. The second-order valence-corrected chi connectivity index (χ2v) is 9.77. The number of carbonyl (C=O) groups excluding carboxylic acids is 2. The van der Waals surface area contributed by atoms with Gasteiger partial charge in [-0.25, -0.2) is 0 Å². The number of benzene rings is 3. The van der Waals surface area contributed by atoms with E-state index in [4.69, 9.17) is 4.74 Å². The first-order valence-electron chi connectivity index (χ1n) is 10.8. The fourth-order valence-corrected chi connectivity index (χ4v) is 6.07. The molecule has 3 aromatic rings. The number of methoxy groups -OCH3 is 1. The third-order valence-corrected chi connectivity index (χ3v) is 7.44. The lowest BCUT2D eigenvalue weighted by molar-refractivity contribution is -0.260. The van der Waals surface area contributed by atoms with E-state index in [1.54, 1.807) is 0 Å². The van der Waals surface area contributed by atoms with E-state index in [0.29, 0.717) is 11.8 Å². The predicted molar refractivity (Wildman–Crippen MR) is 123 cm³/mol. The van der Waals surface area contributed by atoms with Gasteiger partial charge in [-0.15, -0.1) is 0 Å². The van der Waals surface area contributed by atoms with Crippen molar-refractivity contribution in [3.05, 3.63) is 64.7 Å². The third kappa shape index (κ3) is 4.33. The Morgan fingerprint density at radius 3 is 1.90 bits per heavy atom. The molecule has 1 aliphatic heterocycles. The van der Waals surface area contributed by atoms with Crippen LogP contribution in [0.2, 0.25) is 0 Å². The van der Waals surface area contributed by atoms with Crippen LogP contribution in [0, 0.1) is 0 Å². The molecule has 14 heteroatoms. The maximum Gasteiger partial charge on any atom is 0.454 e. The van der Waals surface area contributed by atoms with E-state index in [0.717, 1.165) is 30.2 Å². The highest BCUT2D eigenvalue weighted by Crippen LogP contribution is 2.59. The minimum Gasteiger partial charge on any atom is -0.377 e. The topological polar surface area (TPSA) is 46.6 Å². The van der Waals surface area contributed by atoms with Gasteiger partial charge in [-0.05, 0) is 12.1 Å². The van der Waals surface area contributed by atoms with Crippen LogP contribution in [0.3, 0.4) is 0 Å². The zero-order chi connectivity index (χ0) is 29.3. The Balaban J connectivity index is 2.27. The van der Waals surface area contributed by atoms with E-state index in [1.807, 2.05) is 0 Å². The maximum absolute atomic E-state index is 14.8. The molecule has 208 valence electrons. The van der Waals surface area contributed by atoms with Crippen LogP contribution in [0.5, 0.6) is 0 Å². The summed E-state index contributed by atoms with van der Waals surface area (Å²) in [4.78, 5) is 25.3. The Hall–Kier alpha value is -3.26. The summed E-state index contributed by atoms with van der Waals surface area (Å²) in [5.74, 6) is -5.15. The molecule has 39 heavy (non-hydrogen) atoms. The number of hydrogen-bond acceptors (Lipinski definition) is 5. The minimum absolute atomic E-state index is 0.0658. The highest BCUT2D eigenvalue weighted by Gasteiger charge is 2.61. The number of Topliss-reactive ketones (excluding diaryl/α,β-unsaturated/α-hetero) is 2. The van der Waals surface area contributed by atoms with Crippen molar-refractivity contribution in [3.63, 3.8) is 0 Å². The number of nitrogens with zero attached hydrogens (tertiary/aromatic N) is 1. The Labute approximate surface area is 218 Å². The summed E-state index contributed by atoms with van der Waals surface area (Å²) in [6, 6.07) is 6.96. The largest absolute Gasteiger partial charge is 0.454 e. The molecular formula is C25H16F9NO3S. The number of ketones is 2. The van der Waals surface area contributed by atoms with Gasteiger partial charge in [0.15, 0.2) is 0 Å². The first-order valence-corrected chi connectivity index (χ1v) is 11.6. The van der Waals surface area contributed by atoms with E-state index in [1.165, 1.54) is 32.3 Å². The highest BCUT2D eigenvalue weighted by molar-refractivity contribution is 7.99. The number of ether oxygens (including phenoxy) is 1. The molecule has 1 aliphatic rings. The van der Waals surface area contributed by atoms with Gasteiger partial charge in [0.25, 0.3) is 11.6 Å². The molecular weight excluding hydrogens is 565 g/mol. The molecule has 0 fully saturated rings. The molecule has 0 aliphatic carbocycles. The first kappa shape index (κ1) is 28.7. The van der Waals surface area contributed by atoms with Gasteiger partial charge in [0, 0.05) is 58.5 Å². The molecule has 1 heterocycles. The molecule has 0 aromatic heterocycles. The molecule has 1 atom stereocenters. The lowest BCUT2D eigenvalue weighted by atomic mass is 9.82. The zero-order valence-corrected chi connectivity index (χ0v) is 20.8. The van der Waals surface area contributed by atoms with Gasteiger partial charge in [-0.2, -0.15) is 39.5 Å². The smallest absolute Gasteiger partial charge is 0.377 e. The van der Waals surface area contributed by atoms with Crippen molar-refractivity contribution < 1.29 is 53.8 Å². The lowest BCUT2D eigenvalue weighted by Crippen LogP contribution is -2.47.